The van der Waals surface area contributed by atoms with Crippen molar-refractivity contribution in [2.45, 2.75) is 33.6 Å². The number of carboxylic acid groups (broad SMARTS) is 1. The highest BCUT2D eigenvalue weighted by Gasteiger charge is 2.12. The summed E-state index contributed by atoms with van der Waals surface area (Å²) < 4.78 is 5.79. The first kappa shape index (κ1) is 20.3. The molecule has 0 saturated heterocycles. The van der Waals surface area contributed by atoms with Crippen molar-refractivity contribution in [2.24, 2.45) is 5.92 Å². The van der Waals surface area contributed by atoms with E-state index < -0.39 is 5.97 Å². The summed E-state index contributed by atoms with van der Waals surface area (Å²) >= 11 is 1.50. The molecule has 0 spiro atoms. The van der Waals surface area contributed by atoms with Gasteiger partial charge in [0.25, 0.3) is 0 Å². The highest BCUT2D eigenvalue weighted by atomic mass is 32.2. The maximum Gasteiger partial charge on any atom is 0.335 e. The Bertz CT molecular complexity index is 607. The lowest BCUT2D eigenvalue weighted by Gasteiger charge is -2.16. The highest BCUT2D eigenvalue weighted by molar-refractivity contribution is 8.11. The predicted molar refractivity (Wildman–Crippen MR) is 100 cm³/mol. The van der Waals surface area contributed by atoms with Gasteiger partial charge >= 0.3 is 5.97 Å². The number of aliphatic hydroxyl groups is 1. The van der Waals surface area contributed by atoms with Crippen molar-refractivity contribution < 1.29 is 19.7 Å². The van der Waals surface area contributed by atoms with Crippen LogP contribution < -0.4 is 4.74 Å². The molecule has 1 atom stereocenters. The van der Waals surface area contributed by atoms with Gasteiger partial charge in [0.2, 0.25) is 0 Å². The second-order valence-electron chi connectivity index (χ2n) is 5.57. The Hall–Kier alpha value is -1.72. The molecule has 0 aliphatic heterocycles. The van der Waals surface area contributed by atoms with E-state index in [9.17, 15) is 9.90 Å². The lowest BCUT2D eigenvalue weighted by molar-refractivity contribution is 0.0696. The quantitative estimate of drug-likeness (QED) is 0.634. The van der Waals surface area contributed by atoms with E-state index in [4.69, 9.17) is 9.84 Å². The molecule has 132 valence electrons. The molecule has 0 heterocycles. The van der Waals surface area contributed by atoms with Crippen LogP contribution in [0.1, 0.15) is 49.5 Å². The van der Waals surface area contributed by atoms with E-state index in [1.807, 2.05) is 32.9 Å². The van der Waals surface area contributed by atoms with Crippen molar-refractivity contribution in [3.8, 4) is 5.75 Å². The first-order chi connectivity index (χ1) is 11.4. The molecule has 24 heavy (non-hydrogen) atoms. The number of aliphatic hydroxyl groups excluding tert-OH is 1. The number of hydrogen-bond donors (Lipinski definition) is 2. The fraction of sp³-hybridized carbons (Fsp3) is 0.421. The number of carboxylic acids is 1. The van der Waals surface area contributed by atoms with E-state index in [0.717, 1.165) is 21.8 Å². The number of ether oxygens (including phenoxy) is 1. The Morgan fingerprint density at radius 2 is 2.04 bits per heavy atom. The van der Waals surface area contributed by atoms with Crippen molar-refractivity contribution in [2.75, 3.05) is 13.2 Å². The second-order valence-corrected chi connectivity index (χ2v) is 6.91. The maximum atomic E-state index is 11.4. The molecule has 1 aromatic rings. The summed E-state index contributed by atoms with van der Waals surface area (Å²) in [5.41, 5.74) is 0.920. The Labute approximate surface area is 148 Å². The van der Waals surface area contributed by atoms with Gasteiger partial charge in [-0.2, -0.15) is 0 Å². The molecule has 1 rings (SSSR count). The summed E-state index contributed by atoms with van der Waals surface area (Å²) in [6.45, 7) is 10.6. The van der Waals surface area contributed by atoms with Crippen molar-refractivity contribution in [3.63, 3.8) is 0 Å². The summed E-state index contributed by atoms with van der Waals surface area (Å²) in [4.78, 5) is 13.2. The zero-order valence-electron chi connectivity index (χ0n) is 14.5. The molecule has 0 aliphatic rings. The lowest BCUT2D eigenvalue weighted by atomic mass is 10.0. The number of thioether (sulfide) groups is 1. The van der Waals surface area contributed by atoms with Gasteiger partial charge in [-0.3, -0.25) is 0 Å². The van der Waals surface area contributed by atoms with E-state index in [0.29, 0.717) is 18.8 Å². The zero-order chi connectivity index (χ0) is 18.1. The maximum absolute atomic E-state index is 11.4. The number of allylic oxidation sites excluding steroid dienone is 2. The van der Waals surface area contributed by atoms with E-state index in [-0.39, 0.29) is 18.1 Å². The van der Waals surface area contributed by atoms with Crippen molar-refractivity contribution in [3.05, 3.63) is 46.9 Å². The largest absolute Gasteiger partial charge is 0.493 e. The zero-order valence-corrected chi connectivity index (χ0v) is 15.4. The monoisotopic (exact) mass is 350 g/mol. The van der Waals surface area contributed by atoms with Gasteiger partial charge in [-0.25, -0.2) is 4.79 Å². The van der Waals surface area contributed by atoms with Crippen LogP contribution in [0.15, 0.2) is 35.8 Å². The van der Waals surface area contributed by atoms with Crippen LogP contribution in [-0.2, 0) is 0 Å². The first-order valence-electron chi connectivity index (χ1n) is 8.03. The molecule has 4 nitrogen and oxygen atoms in total. The number of rotatable bonds is 10. The van der Waals surface area contributed by atoms with Crippen molar-refractivity contribution >= 4 is 22.6 Å². The molecule has 5 heteroatoms. The van der Waals surface area contributed by atoms with E-state index in [1.54, 1.807) is 6.07 Å². The Kier molecular flexibility index (Phi) is 8.65. The first-order valence-corrected chi connectivity index (χ1v) is 8.84. The number of benzene rings is 1. The molecule has 0 amide bonds. The Balaban J connectivity index is 2.99. The third-order valence-corrected chi connectivity index (χ3v) is 4.81. The molecule has 0 unspecified atom stereocenters. The fourth-order valence-electron chi connectivity index (χ4n) is 2.08. The van der Waals surface area contributed by atoms with E-state index in [2.05, 4.69) is 6.58 Å². The number of carbonyl (C=O) groups is 1. The van der Waals surface area contributed by atoms with Gasteiger partial charge in [-0.15, -0.1) is 0 Å². The molecule has 0 saturated carbocycles. The summed E-state index contributed by atoms with van der Waals surface area (Å²) in [5.74, 6) is -0.236. The fourth-order valence-corrected chi connectivity index (χ4v) is 2.82. The molecular formula is C19H26O4S. The van der Waals surface area contributed by atoms with E-state index >= 15 is 0 Å². The number of hydrogen-bond acceptors (Lipinski definition) is 4. The molecule has 1 aromatic carbocycles. The standard InChI is InChI=1S/C19H26O4S/c1-5-13(3)24-14(4)16-9-17(19(21)22)11-18(10-16)23-12-15(6-2)7-8-20/h5,9-11,15,20H,4,6-8,12H2,1-3H3,(H,21,22)/b13-5-/t15-/m0/s1. The molecule has 0 aliphatic carbocycles. The van der Waals surface area contributed by atoms with E-state index in [1.165, 1.54) is 17.8 Å². The Morgan fingerprint density at radius 1 is 1.38 bits per heavy atom. The average Bonchev–Trinajstić information content (AvgIpc) is 2.57. The minimum atomic E-state index is -0.996. The summed E-state index contributed by atoms with van der Waals surface area (Å²) in [6.07, 6.45) is 3.55. The molecule has 0 bridgehead atoms. The summed E-state index contributed by atoms with van der Waals surface area (Å²) in [7, 11) is 0. The van der Waals surface area contributed by atoms with Gasteiger partial charge in [-0.05, 0) is 61.3 Å². The molecule has 2 N–H and O–H groups in total. The molecule has 0 aromatic heterocycles. The summed E-state index contributed by atoms with van der Waals surface area (Å²) in [6, 6.07) is 4.95. The van der Waals surface area contributed by atoms with Gasteiger partial charge in [-0.1, -0.05) is 31.3 Å². The Morgan fingerprint density at radius 3 is 2.58 bits per heavy atom. The van der Waals surface area contributed by atoms with Gasteiger partial charge in [0.1, 0.15) is 5.75 Å². The highest BCUT2D eigenvalue weighted by Crippen LogP contribution is 2.34. The molecule has 0 fully saturated rings. The minimum Gasteiger partial charge on any atom is -0.493 e. The molecule has 0 radical (unpaired) electrons. The van der Waals surface area contributed by atoms with Gasteiger partial charge in [0, 0.05) is 11.5 Å². The van der Waals surface area contributed by atoms with Gasteiger partial charge in [0.05, 0.1) is 12.2 Å². The van der Waals surface area contributed by atoms with Crippen LogP contribution in [0, 0.1) is 5.92 Å². The van der Waals surface area contributed by atoms with Crippen LogP contribution in [0.3, 0.4) is 0 Å². The minimum absolute atomic E-state index is 0.123. The third kappa shape index (κ3) is 6.42. The van der Waals surface area contributed by atoms with Crippen LogP contribution in [0.25, 0.3) is 4.91 Å². The normalized spacial score (nSPS) is 12.8. The van der Waals surface area contributed by atoms with Crippen molar-refractivity contribution in [1.29, 1.82) is 0 Å². The van der Waals surface area contributed by atoms with Crippen LogP contribution in [0.2, 0.25) is 0 Å². The van der Waals surface area contributed by atoms with Gasteiger partial charge in [0.15, 0.2) is 0 Å². The second kappa shape index (κ2) is 10.2. The summed E-state index contributed by atoms with van der Waals surface area (Å²) in [5, 5.41) is 18.4. The van der Waals surface area contributed by atoms with Crippen LogP contribution in [0.5, 0.6) is 5.75 Å². The van der Waals surface area contributed by atoms with Crippen LogP contribution in [0.4, 0.5) is 0 Å². The molecular weight excluding hydrogens is 324 g/mol. The number of aromatic carboxylic acids is 1. The lowest BCUT2D eigenvalue weighted by Crippen LogP contribution is -2.13. The smallest absolute Gasteiger partial charge is 0.335 e. The SMILES string of the molecule is C=C(S/C(C)=C\C)c1cc(OC[C@@H](CC)CCO)cc(C(=O)O)c1. The predicted octanol–water partition coefficient (Wildman–Crippen LogP) is 4.80. The third-order valence-electron chi connectivity index (χ3n) is 3.77. The van der Waals surface area contributed by atoms with Crippen molar-refractivity contribution in [1.82, 2.24) is 0 Å². The van der Waals surface area contributed by atoms with Crippen LogP contribution in [-0.4, -0.2) is 29.4 Å². The average molecular weight is 350 g/mol. The van der Waals surface area contributed by atoms with Gasteiger partial charge < -0.3 is 14.9 Å². The topological polar surface area (TPSA) is 66.8 Å². The van der Waals surface area contributed by atoms with Crippen LogP contribution >= 0.6 is 11.8 Å².